The number of carboxylic acids is 1. The molecule has 1 rings (SSSR count). The van der Waals surface area contributed by atoms with Gasteiger partial charge in [-0.1, -0.05) is 49.4 Å². The second-order valence-electron chi connectivity index (χ2n) is 4.30. The van der Waals surface area contributed by atoms with Crippen molar-refractivity contribution < 1.29 is 9.90 Å². The number of unbranched alkanes of at least 4 members (excludes halogenated alkanes) is 1. The van der Waals surface area contributed by atoms with Crippen LogP contribution in [0.5, 0.6) is 0 Å². The summed E-state index contributed by atoms with van der Waals surface area (Å²) in [6.45, 7) is 2.21. The van der Waals surface area contributed by atoms with Gasteiger partial charge in [-0.15, -0.1) is 0 Å². The maximum absolute atomic E-state index is 10.3. The van der Waals surface area contributed by atoms with Crippen molar-refractivity contribution in [2.45, 2.75) is 38.5 Å². The molecule has 0 saturated carbocycles. The maximum atomic E-state index is 10.3. The van der Waals surface area contributed by atoms with Crippen LogP contribution < -0.4 is 0 Å². The fraction of sp³-hybridized carbons (Fsp3) is 0.400. The van der Waals surface area contributed by atoms with Crippen LogP contribution in [0, 0.1) is 0 Å². The molecule has 0 spiro atoms. The van der Waals surface area contributed by atoms with Crippen molar-refractivity contribution in [3.8, 4) is 0 Å². The fourth-order valence-corrected chi connectivity index (χ4v) is 1.71. The summed E-state index contributed by atoms with van der Waals surface area (Å²) in [7, 11) is 0. The van der Waals surface area contributed by atoms with E-state index < -0.39 is 5.97 Å². The molecule has 17 heavy (non-hydrogen) atoms. The lowest BCUT2D eigenvalue weighted by Gasteiger charge is -2.08. The van der Waals surface area contributed by atoms with Gasteiger partial charge >= 0.3 is 5.97 Å². The molecule has 92 valence electrons. The first-order chi connectivity index (χ1) is 8.20. The predicted octanol–water partition coefficient (Wildman–Crippen LogP) is 3.99. The standard InChI is InChI=1S/C15H20O2/c1-13(14-10-6-4-7-11-14)9-5-2-3-8-12-15(16)17/h2,4-7,10-11,13H,3,8-9,12H2,1H3,(H,16,17)/b5-2-. The Labute approximate surface area is 103 Å². The number of benzene rings is 1. The minimum absolute atomic E-state index is 0.262. The highest BCUT2D eigenvalue weighted by atomic mass is 16.4. The third-order valence-corrected chi connectivity index (χ3v) is 2.79. The molecule has 1 atom stereocenters. The number of hydrogen-bond donors (Lipinski definition) is 1. The molecule has 0 saturated heterocycles. The number of carboxylic acid groups (broad SMARTS) is 1. The Kier molecular flexibility index (Phi) is 6.08. The zero-order valence-electron chi connectivity index (χ0n) is 10.3. The van der Waals surface area contributed by atoms with Crippen molar-refractivity contribution in [2.75, 3.05) is 0 Å². The molecule has 0 aromatic heterocycles. The Morgan fingerprint density at radius 2 is 2.00 bits per heavy atom. The van der Waals surface area contributed by atoms with Gasteiger partial charge in [-0.2, -0.15) is 0 Å². The van der Waals surface area contributed by atoms with Crippen molar-refractivity contribution in [3.05, 3.63) is 48.0 Å². The fourth-order valence-electron chi connectivity index (χ4n) is 1.71. The number of hydrogen-bond acceptors (Lipinski definition) is 1. The van der Waals surface area contributed by atoms with Crippen molar-refractivity contribution in [2.24, 2.45) is 0 Å². The van der Waals surface area contributed by atoms with Gasteiger partial charge in [0, 0.05) is 6.42 Å². The van der Waals surface area contributed by atoms with E-state index in [0.717, 1.165) is 19.3 Å². The molecule has 2 heteroatoms. The number of carbonyl (C=O) groups is 1. The van der Waals surface area contributed by atoms with Gasteiger partial charge in [0.2, 0.25) is 0 Å². The summed E-state index contributed by atoms with van der Waals surface area (Å²) in [6.07, 6.45) is 7.09. The van der Waals surface area contributed by atoms with Gasteiger partial charge in [0.1, 0.15) is 0 Å². The lowest BCUT2D eigenvalue weighted by atomic mass is 9.97. The Hall–Kier alpha value is -1.57. The van der Waals surface area contributed by atoms with Gasteiger partial charge in [0.25, 0.3) is 0 Å². The van der Waals surface area contributed by atoms with Gasteiger partial charge < -0.3 is 5.11 Å². The molecule has 0 aliphatic heterocycles. The zero-order valence-corrected chi connectivity index (χ0v) is 10.3. The lowest BCUT2D eigenvalue weighted by Crippen LogP contribution is -1.93. The van der Waals surface area contributed by atoms with E-state index in [4.69, 9.17) is 5.11 Å². The van der Waals surface area contributed by atoms with Crippen molar-refractivity contribution in [3.63, 3.8) is 0 Å². The summed E-state index contributed by atoms with van der Waals surface area (Å²) < 4.78 is 0. The molecule has 0 aliphatic carbocycles. The highest BCUT2D eigenvalue weighted by molar-refractivity contribution is 5.66. The zero-order chi connectivity index (χ0) is 12.5. The highest BCUT2D eigenvalue weighted by Gasteiger charge is 2.01. The third-order valence-electron chi connectivity index (χ3n) is 2.79. The highest BCUT2D eigenvalue weighted by Crippen LogP contribution is 2.18. The Morgan fingerprint density at radius 3 is 2.65 bits per heavy atom. The van der Waals surface area contributed by atoms with Gasteiger partial charge in [-0.05, 0) is 30.7 Å². The second kappa shape index (κ2) is 7.66. The molecule has 1 aromatic carbocycles. The molecule has 0 aliphatic rings. The Bertz CT molecular complexity index is 354. The summed E-state index contributed by atoms with van der Waals surface area (Å²) >= 11 is 0. The summed E-state index contributed by atoms with van der Waals surface area (Å²) in [5.41, 5.74) is 1.35. The van der Waals surface area contributed by atoms with Gasteiger partial charge in [-0.25, -0.2) is 0 Å². The van der Waals surface area contributed by atoms with Crippen LogP contribution in [0.15, 0.2) is 42.5 Å². The van der Waals surface area contributed by atoms with E-state index in [1.165, 1.54) is 5.56 Å². The molecule has 1 unspecified atom stereocenters. The van der Waals surface area contributed by atoms with Crippen LogP contribution in [0.3, 0.4) is 0 Å². The average molecular weight is 232 g/mol. The van der Waals surface area contributed by atoms with Crippen LogP contribution in [-0.4, -0.2) is 11.1 Å². The van der Waals surface area contributed by atoms with Crippen LogP contribution in [0.2, 0.25) is 0 Å². The molecule has 0 radical (unpaired) electrons. The van der Waals surface area contributed by atoms with E-state index in [2.05, 4.69) is 43.3 Å². The van der Waals surface area contributed by atoms with E-state index in [-0.39, 0.29) is 6.42 Å². The van der Waals surface area contributed by atoms with Crippen molar-refractivity contribution >= 4 is 5.97 Å². The van der Waals surface area contributed by atoms with E-state index >= 15 is 0 Å². The summed E-state index contributed by atoms with van der Waals surface area (Å²) in [6, 6.07) is 10.4. The molecule has 0 fully saturated rings. The van der Waals surface area contributed by atoms with E-state index in [0.29, 0.717) is 5.92 Å². The molecule has 0 heterocycles. The lowest BCUT2D eigenvalue weighted by molar-refractivity contribution is -0.137. The van der Waals surface area contributed by atoms with E-state index in [1.54, 1.807) is 0 Å². The van der Waals surface area contributed by atoms with Crippen molar-refractivity contribution in [1.82, 2.24) is 0 Å². The average Bonchev–Trinajstić information content (AvgIpc) is 2.34. The van der Waals surface area contributed by atoms with Gasteiger partial charge in [0.15, 0.2) is 0 Å². The smallest absolute Gasteiger partial charge is 0.303 e. The molecular formula is C15H20O2. The summed E-state index contributed by atoms with van der Waals surface area (Å²) in [5, 5.41) is 8.48. The molecule has 0 amide bonds. The first-order valence-electron chi connectivity index (χ1n) is 6.12. The minimum Gasteiger partial charge on any atom is -0.481 e. The maximum Gasteiger partial charge on any atom is 0.303 e. The van der Waals surface area contributed by atoms with E-state index in [1.807, 2.05) is 6.07 Å². The van der Waals surface area contributed by atoms with Crippen LogP contribution in [0.25, 0.3) is 0 Å². The predicted molar refractivity (Wildman–Crippen MR) is 70.1 cm³/mol. The van der Waals surface area contributed by atoms with Gasteiger partial charge in [-0.3, -0.25) is 4.79 Å². The van der Waals surface area contributed by atoms with Crippen molar-refractivity contribution in [1.29, 1.82) is 0 Å². The first kappa shape index (κ1) is 13.5. The Morgan fingerprint density at radius 1 is 1.29 bits per heavy atom. The second-order valence-corrected chi connectivity index (χ2v) is 4.30. The SMILES string of the molecule is CC(C/C=C\CCCC(=O)O)c1ccccc1. The largest absolute Gasteiger partial charge is 0.481 e. The number of rotatable bonds is 7. The van der Waals surface area contributed by atoms with Crippen LogP contribution in [0.1, 0.15) is 44.1 Å². The van der Waals surface area contributed by atoms with Crippen LogP contribution in [0.4, 0.5) is 0 Å². The number of aliphatic carboxylic acids is 1. The molecular weight excluding hydrogens is 212 g/mol. The molecule has 1 N–H and O–H groups in total. The quantitative estimate of drug-likeness (QED) is 0.570. The molecule has 1 aromatic rings. The normalized spacial score (nSPS) is 12.8. The Balaban J connectivity index is 2.22. The number of allylic oxidation sites excluding steroid dienone is 2. The summed E-state index contributed by atoms with van der Waals surface area (Å²) in [5.74, 6) is -0.192. The van der Waals surface area contributed by atoms with Crippen LogP contribution in [-0.2, 0) is 4.79 Å². The van der Waals surface area contributed by atoms with Crippen LogP contribution >= 0.6 is 0 Å². The first-order valence-corrected chi connectivity index (χ1v) is 6.12. The van der Waals surface area contributed by atoms with Gasteiger partial charge in [0.05, 0.1) is 0 Å². The van der Waals surface area contributed by atoms with E-state index in [9.17, 15) is 4.79 Å². The topological polar surface area (TPSA) is 37.3 Å². The molecule has 0 bridgehead atoms. The monoisotopic (exact) mass is 232 g/mol. The molecule has 2 nitrogen and oxygen atoms in total. The minimum atomic E-state index is -0.712. The summed E-state index contributed by atoms with van der Waals surface area (Å²) in [4.78, 5) is 10.3. The third kappa shape index (κ3) is 5.91.